The normalized spacial score (nSPS) is 10.8. The molecule has 0 spiro atoms. The fourth-order valence-corrected chi connectivity index (χ4v) is 3.22. The molecule has 20 heavy (non-hydrogen) atoms. The molecule has 0 saturated carbocycles. The summed E-state index contributed by atoms with van der Waals surface area (Å²) in [6, 6.07) is 0. The van der Waals surface area contributed by atoms with Crippen LogP contribution >= 0.6 is 22.6 Å². The van der Waals surface area contributed by atoms with Gasteiger partial charge in [0.1, 0.15) is 0 Å². The van der Waals surface area contributed by atoms with Crippen molar-refractivity contribution in [3.05, 3.63) is 12.7 Å². The molecule has 0 nitrogen and oxygen atoms in total. The molecular formula is C19H37I. The summed E-state index contributed by atoms with van der Waals surface area (Å²) in [5, 5.41) is 0. The zero-order valence-electron chi connectivity index (χ0n) is 13.7. The largest absolute Gasteiger partial charge is 0.103 e. The molecule has 0 radical (unpaired) electrons. The number of hydrogen-bond donors (Lipinski definition) is 0. The van der Waals surface area contributed by atoms with E-state index in [-0.39, 0.29) is 0 Å². The number of hydrogen-bond acceptors (Lipinski definition) is 0. The standard InChI is InChI=1S/C19H37I/c1-2-3-4-5-6-7-8-9-10-11-12-13-14-15-16-17-18-19-20/h2H,1,3-19H2. The lowest BCUT2D eigenvalue weighted by atomic mass is 10.0. The Balaban J connectivity index is 2.90. The maximum Gasteiger partial charge on any atom is -0.000473 e. The van der Waals surface area contributed by atoms with E-state index in [2.05, 4.69) is 29.2 Å². The molecule has 0 amide bonds. The lowest BCUT2D eigenvalue weighted by Crippen LogP contribution is -1.83. The quantitative estimate of drug-likeness (QED) is 0.102. The molecule has 0 fully saturated rings. The topological polar surface area (TPSA) is 0 Å². The van der Waals surface area contributed by atoms with Crippen LogP contribution in [0, 0.1) is 0 Å². The highest BCUT2D eigenvalue weighted by atomic mass is 127. The summed E-state index contributed by atoms with van der Waals surface area (Å²) in [5.74, 6) is 0. The molecule has 0 heterocycles. The molecule has 0 aliphatic rings. The fraction of sp³-hybridized carbons (Fsp3) is 0.895. The monoisotopic (exact) mass is 392 g/mol. The first kappa shape index (κ1) is 20.5. The van der Waals surface area contributed by atoms with Gasteiger partial charge in [0.05, 0.1) is 0 Å². The van der Waals surface area contributed by atoms with E-state index < -0.39 is 0 Å². The molecule has 0 aliphatic carbocycles. The van der Waals surface area contributed by atoms with E-state index in [1.165, 1.54) is 107 Å². The molecule has 0 aromatic carbocycles. The minimum atomic E-state index is 1.21. The van der Waals surface area contributed by atoms with Crippen molar-refractivity contribution in [3.8, 4) is 0 Å². The van der Waals surface area contributed by atoms with Gasteiger partial charge >= 0.3 is 0 Å². The number of halogens is 1. The van der Waals surface area contributed by atoms with Crippen LogP contribution in [0.5, 0.6) is 0 Å². The van der Waals surface area contributed by atoms with Crippen molar-refractivity contribution in [3.63, 3.8) is 0 Å². The van der Waals surface area contributed by atoms with Crippen molar-refractivity contribution < 1.29 is 0 Å². The summed E-state index contributed by atoms with van der Waals surface area (Å²) in [5.41, 5.74) is 0. The lowest BCUT2D eigenvalue weighted by Gasteiger charge is -2.03. The van der Waals surface area contributed by atoms with Crippen molar-refractivity contribution in [1.29, 1.82) is 0 Å². The molecule has 0 atom stereocenters. The third-order valence-electron chi connectivity index (χ3n) is 4.04. The van der Waals surface area contributed by atoms with E-state index >= 15 is 0 Å². The summed E-state index contributed by atoms with van der Waals surface area (Å²) >= 11 is 2.48. The zero-order valence-corrected chi connectivity index (χ0v) is 15.8. The van der Waals surface area contributed by atoms with Crippen molar-refractivity contribution >= 4 is 22.6 Å². The van der Waals surface area contributed by atoms with Gasteiger partial charge in [0.15, 0.2) is 0 Å². The van der Waals surface area contributed by atoms with E-state index in [1.54, 1.807) is 0 Å². The molecule has 120 valence electrons. The molecule has 0 aromatic heterocycles. The lowest BCUT2D eigenvalue weighted by molar-refractivity contribution is 0.533. The smallest absolute Gasteiger partial charge is 0.000473 e. The van der Waals surface area contributed by atoms with Gasteiger partial charge in [-0.2, -0.15) is 0 Å². The SMILES string of the molecule is C=CCCCCCCCCCCCCCCCCCI. The summed E-state index contributed by atoms with van der Waals surface area (Å²) < 4.78 is 1.34. The minimum absolute atomic E-state index is 1.21. The van der Waals surface area contributed by atoms with E-state index in [1.807, 2.05) is 6.08 Å². The first-order valence-electron chi connectivity index (χ1n) is 9.08. The third kappa shape index (κ3) is 18.5. The van der Waals surface area contributed by atoms with Crippen LogP contribution in [0.25, 0.3) is 0 Å². The fourth-order valence-electron chi connectivity index (χ4n) is 2.68. The summed E-state index contributed by atoms with van der Waals surface area (Å²) in [4.78, 5) is 0. The highest BCUT2D eigenvalue weighted by Crippen LogP contribution is 2.13. The van der Waals surface area contributed by atoms with Crippen LogP contribution in [-0.4, -0.2) is 4.43 Å². The van der Waals surface area contributed by atoms with Crippen molar-refractivity contribution in [2.75, 3.05) is 4.43 Å². The van der Waals surface area contributed by atoms with Gasteiger partial charge in [0.25, 0.3) is 0 Å². The summed E-state index contributed by atoms with van der Waals surface area (Å²) in [6.07, 6.45) is 25.0. The molecule has 0 unspecified atom stereocenters. The Morgan fingerprint density at radius 3 is 1.10 bits per heavy atom. The van der Waals surface area contributed by atoms with Crippen LogP contribution in [0.15, 0.2) is 12.7 Å². The second-order valence-electron chi connectivity index (χ2n) is 6.07. The second kappa shape index (κ2) is 19.5. The highest BCUT2D eigenvalue weighted by molar-refractivity contribution is 14.1. The summed E-state index contributed by atoms with van der Waals surface area (Å²) in [7, 11) is 0. The van der Waals surface area contributed by atoms with Crippen LogP contribution < -0.4 is 0 Å². The molecule has 0 aliphatic heterocycles. The van der Waals surface area contributed by atoms with Crippen LogP contribution in [0.3, 0.4) is 0 Å². The van der Waals surface area contributed by atoms with E-state index in [4.69, 9.17) is 0 Å². The number of unbranched alkanes of at least 4 members (excludes halogenated alkanes) is 15. The molecule has 0 rings (SSSR count). The second-order valence-corrected chi connectivity index (χ2v) is 7.15. The Morgan fingerprint density at radius 1 is 0.500 bits per heavy atom. The van der Waals surface area contributed by atoms with Gasteiger partial charge in [-0.1, -0.05) is 112 Å². The average molecular weight is 392 g/mol. The Hall–Kier alpha value is 0.470. The molecule has 0 aromatic rings. The number of rotatable bonds is 17. The average Bonchev–Trinajstić information content (AvgIpc) is 2.47. The van der Waals surface area contributed by atoms with Gasteiger partial charge in [-0.15, -0.1) is 6.58 Å². The first-order chi connectivity index (χ1) is 9.91. The van der Waals surface area contributed by atoms with Gasteiger partial charge in [-0.3, -0.25) is 0 Å². The zero-order chi connectivity index (χ0) is 14.7. The number of allylic oxidation sites excluding steroid dienone is 1. The maximum atomic E-state index is 3.77. The van der Waals surface area contributed by atoms with Crippen LogP contribution in [0.2, 0.25) is 0 Å². The van der Waals surface area contributed by atoms with E-state index in [9.17, 15) is 0 Å². The molecule has 1 heteroatoms. The van der Waals surface area contributed by atoms with Crippen LogP contribution in [0.1, 0.15) is 103 Å². The first-order valence-corrected chi connectivity index (χ1v) is 10.6. The number of alkyl halides is 1. The van der Waals surface area contributed by atoms with Crippen LogP contribution in [0.4, 0.5) is 0 Å². The molecule has 0 saturated heterocycles. The van der Waals surface area contributed by atoms with Crippen molar-refractivity contribution in [1.82, 2.24) is 0 Å². The predicted octanol–water partition coefficient (Wildman–Crippen LogP) is 7.85. The van der Waals surface area contributed by atoms with Crippen molar-refractivity contribution in [2.45, 2.75) is 103 Å². The van der Waals surface area contributed by atoms with E-state index in [0.717, 1.165) is 0 Å². The predicted molar refractivity (Wildman–Crippen MR) is 103 cm³/mol. The Morgan fingerprint density at radius 2 is 0.800 bits per heavy atom. The maximum absolute atomic E-state index is 3.77. The third-order valence-corrected chi connectivity index (χ3v) is 4.80. The molecular weight excluding hydrogens is 355 g/mol. The van der Waals surface area contributed by atoms with Gasteiger partial charge < -0.3 is 0 Å². The summed E-state index contributed by atoms with van der Waals surface area (Å²) in [6.45, 7) is 3.77. The van der Waals surface area contributed by atoms with Crippen LogP contribution in [-0.2, 0) is 0 Å². The Kier molecular flexibility index (Phi) is 19.9. The van der Waals surface area contributed by atoms with Gasteiger partial charge in [-0.05, 0) is 23.7 Å². The Labute approximate surface area is 142 Å². The molecule has 0 N–H and O–H groups in total. The Bertz CT molecular complexity index is 177. The highest BCUT2D eigenvalue weighted by Gasteiger charge is 1.94. The van der Waals surface area contributed by atoms with Gasteiger partial charge in [0, 0.05) is 0 Å². The van der Waals surface area contributed by atoms with Gasteiger partial charge in [0.2, 0.25) is 0 Å². The minimum Gasteiger partial charge on any atom is -0.103 e. The van der Waals surface area contributed by atoms with E-state index in [0.29, 0.717) is 0 Å². The van der Waals surface area contributed by atoms with Crippen molar-refractivity contribution in [2.24, 2.45) is 0 Å². The molecule has 0 bridgehead atoms. The van der Waals surface area contributed by atoms with Gasteiger partial charge in [-0.25, -0.2) is 0 Å².